The molecule has 0 aliphatic carbocycles. The molecule has 1 nitrogen and oxygen atoms in total. The predicted molar refractivity (Wildman–Crippen MR) is 72.1 cm³/mol. The molecule has 1 rings (SSSR count). The van der Waals surface area contributed by atoms with Crippen LogP contribution in [0.5, 0.6) is 0 Å². The van der Waals surface area contributed by atoms with Gasteiger partial charge in [0.2, 0.25) is 0 Å². The fraction of sp³-hybridized carbons (Fsp3) is 0.500. The number of thioether (sulfide) groups is 1. The van der Waals surface area contributed by atoms with Crippen LogP contribution in [0.2, 0.25) is 0 Å². The normalized spacial score (nSPS) is 10.9. The van der Waals surface area contributed by atoms with E-state index < -0.39 is 0 Å². The maximum Gasteiger partial charge on any atom is 0.0210 e. The molecule has 1 N–H and O–H groups in total. The summed E-state index contributed by atoms with van der Waals surface area (Å²) in [5, 5.41) is 3.47. The Morgan fingerprint density at radius 1 is 1.13 bits per heavy atom. The van der Waals surface area contributed by atoms with Crippen molar-refractivity contribution in [1.29, 1.82) is 0 Å². The minimum atomic E-state index is 0. The van der Waals surface area contributed by atoms with E-state index in [1.807, 2.05) is 0 Å². The number of hydrogen-bond donors (Lipinski definition) is 1. The van der Waals surface area contributed by atoms with Gasteiger partial charge in [-0.25, -0.2) is 0 Å². The first-order chi connectivity index (χ1) is 6.51. The summed E-state index contributed by atoms with van der Waals surface area (Å²) in [5.74, 6) is 0. The molecule has 86 valence electrons. The average molecular weight is 246 g/mol. The summed E-state index contributed by atoms with van der Waals surface area (Å²) in [6, 6.07) is 8.71. The van der Waals surface area contributed by atoms with Gasteiger partial charge in [0.05, 0.1) is 0 Å². The standard InChI is InChI=1S/C12H19NS.ClH/c1-12(2,3)13-9-10-5-7-11(14-4)8-6-10;/h5-8,13H,9H2,1-4H3;1H. The van der Waals surface area contributed by atoms with Crippen molar-refractivity contribution in [3.05, 3.63) is 29.8 Å². The van der Waals surface area contributed by atoms with Gasteiger partial charge in [-0.3, -0.25) is 0 Å². The minimum Gasteiger partial charge on any atom is -0.308 e. The van der Waals surface area contributed by atoms with E-state index >= 15 is 0 Å². The highest BCUT2D eigenvalue weighted by Gasteiger charge is 2.07. The van der Waals surface area contributed by atoms with E-state index in [1.54, 1.807) is 11.8 Å². The zero-order chi connectivity index (χ0) is 10.6. The number of halogens is 1. The molecule has 1 aromatic rings. The van der Waals surface area contributed by atoms with Gasteiger partial charge >= 0.3 is 0 Å². The summed E-state index contributed by atoms with van der Waals surface area (Å²) in [6.45, 7) is 7.49. The third-order valence-electron chi connectivity index (χ3n) is 1.98. The maximum absolute atomic E-state index is 3.47. The van der Waals surface area contributed by atoms with Gasteiger partial charge in [0.1, 0.15) is 0 Å². The van der Waals surface area contributed by atoms with Gasteiger partial charge in [-0.15, -0.1) is 24.2 Å². The number of hydrogen-bond acceptors (Lipinski definition) is 2. The van der Waals surface area contributed by atoms with Crippen molar-refractivity contribution in [2.24, 2.45) is 0 Å². The van der Waals surface area contributed by atoms with Gasteiger partial charge < -0.3 is 5.32 Å². The van der Waals surface area contributed by atoms with Crippen molar-refractivity contribution in [1.82, 2.24) is 5.32 Å². The van der Waals surface area contributed by atoms with Crippen molar-refractivity contribution in [2.75, 3.05) is 6.26 Å². The molecule has 1 aromatic carbocycles. The second-order valence-electron chi connectivity index (χ2n) is 4.45. The highest BCUT2D eigenvalue weighted by molar-refractivity contribution is 7.98. The van der Waals surface area contributed by atoms with Crippen molar-refractivity contribution < 1.29 is 0 Å². The Morgan fingerprint density at radius 2 is 1.67 bits per heavy atom. The Labute approximate surface area is 103 Å². The SMILES string of the molecule is CSc1ccc(CNC(C)(C)C)cc1.Cl. The van der Waals surface area contributed by atoms with Crippen LogP contribution in [0.15, 0.2) is 29.2 Å². The molecule has 0 saturated heterocycles. The molecule has 0 bridgehead atoms. The molecule has 0 unspecified atom stereocenters. The van der Waals surface area contributed by atoms with Gasteiger partial charge in [-0.1, -0.05) is 12.1 Å². The maximum atomic E-state index is 3.47. The summed E-state index contributed by atoms with van der Waals surface area (Å²) < 4.78 is 0. The van der Waals surface area contributed by atoms with Crippen LogP contribution in [0, 0.1) is 0 Å². The molecule has 3 heteroatoms. The van der Waals surface area contributed by atoms with Crippen LogP contribution in [0.1, 0.15) is 26.3 Å². The lowest BCUT2D eigenvalue weighted by Crippen LogP contribution is -2.35. The molecule has 0 fully saturated rings. The summed E-state index contributed by atoms with van der Waals surface area (Å²) in [6.07, 6.45) is 2.10. The van der Waals surface area contributed by atoms with Gasteiger partial charge in [0.15, 0.2) is 0 Å². The van der Waals surface area contributed by atoms with Crippen LogP contribution in [-0.4, -0.2) is 11.8 Å². The van der Waals surface area contributed by atoms with Crippen molar-refractivity contribution in [3.8, 4) is 0 Å². The van der Waals surface area contributed by atoms with Crippen LogP contribution < -0.4 is 5.32 Å². The fourth-order valence-electron chi connectivity index (χ4n) is 1.11. The van der Waals surface area contributed by atoms with Crippen molar-refractivity contribution in [2.45, 2.75) is 37.8 Å². The second kappa shape index (κ2) is 6.41. The Balaban J connectivity index is 0.00000196. The molecule has 0 atom stereocenters. The van der Waals surface area contributed by atoms with Crippen LogP contribution in [0.3, 0.4) is 0 Å². The predicted octanol–water partition coefficient (Wildman–Crippen LogP) is 3.72. The van der Waals surface area contributed by atoms with E-state index in [2.05, 4.69) is 56.6 Å². The topological polar surface area (TPSA) is 12.0 Å². The largest absolute Gasteiger partial charge is 0.308 e. The summed E-state index contributed by atoms with van der Waals surface area (Å²) in [7, 11) is 0. The molecule has 0 aliphatic rings. The fourth-order valence-corrected chi connectivity index (χ4v) is 1.52. The van der Waals surface area contributed by atoms with Crippen LogP contribution >= 0.6 is 24.2 Å². The number of benzene rings is 1. The van der Waals surface area contributed by atoms with Gasteiger partial charge in [0.25, 0.3) is 0 Å². The molecule has 0 aliphatic heterocycles. The zero-order valence-electron chi connectivity index (χ0n) is 9.83. The van der Waals surface area contributed by atoms with Gasteiger partial charge in [0, 0.05) is 17.0 Å². The minimum absolute atomic E-state index is 0. The molecular formula is C12H20ClNS. The van der Waals surface area contributed by atoms with E-state index in [0.29, 0.717) is 0 Å². The van der Waals surface area contributed by atoms with E-state index in [1.165, 1.54) is 10.5 Å². The molecule has 0 aromatic heterocycles. The van der Waals surface area contributed by atoms with Gasteiger partial charge in [-0.2, -0.15) is 0 Å². The monoisotopic (exact) mass is 245 g/mol. The summed E-state index contributed by atoms with van der Waals surface area (Å²) in [4.78, 5) is 1.32. The summed E-state index contributed by atoms with van der Waals surface area (Å²) >= 11 is 1.78. The average Bonchev–Trinajstić information content (AvgIpc) is 2.14. The smallest absolute Gasteiger partial charge is 0.0210 e. The Kier molecular flexibility index (Phi) is 6.34. The van der Waals surface area contributed by atoms with Crippen LogP contribution in [0.4, 0.5) is 0 Å². The lowest BCUT2D eigenvalue weighted by Gasteiger charge is -2.20. The summed E-state index contributed by atoms with van der Waals surface area (Å²) in [5.41, 5.74) is 1.54. The molecule has 15 heavy (non-hydrogen) atoms. The van der Waals surface area contributed by atoms with Crippen LogP contribution in [-0.2, 0) is 6.54 Å². The Hall–Kier alpha value is -0.180. The quantitative estimate of drug-likeness (QED) is 0.815. The highest BCUT2D eigenvalue weighted by Crippen LogP contribution is 2.15. The number of nitrogens with one attached hydrogen (secondary N) is 1. The second-order valence-corrected chi connectivity index (χ2v) is 5.33. The van der Waals surface area contributed by atoms with Crippen LogP contribution in [0.25, 0.3) is 0 Å². The van der Waals surface area contributed by atoms with E-state index in [4.69, 9.17) is 0 Å². The zero-order valence-corrected chi connectivity index (χ0v) is 11.5. The first-order valence-electron chi connectivity index (χ1n) is 4.89. The third kappa shape index (κ3) is 6.08. The third-order valence-corrected chi connectivity index (χ3v) is 2.73. The number of rotatable bonds is 3. The van der Waals surface area contributed by atoms with Gasteiger partial charge in [-0.05, 0) is 44.7 Å². The molecule has 0 radical (unpaired) electrons. The van der Waals surface area contributed by atoms with Crippen molar-refractivity contribution >= 4 is 24.2 Å². The molecule has 0 amide bonds. The highest BCUT2D eigenvalue weighted by atomic mass is 35.5. The lowest BCUT2D eigenvalue weighted by molar-refractivity contribution is 0.424. The first-order valence-corrected chi connectivity index (χ1v) is 6.12. The molecule has 0 heterocycles. The van der Waals surface area contributed by atoms with E-state index in [0.717, 1.165) is 6.54 Å². The van der Waals surface area contributed by atoms with E-state index in [9.17, 15) is 0 Å². The Morgan fingerprint density at radius 3 is 2.07 bits per heavy atom. The lowest BCUT2D eigenvalue weighted by atomic mass is 10.1. The molecular weight excluding hydrogens is 226 g/mol. The van der Waals surface area contributed by atoms with E-state index in [-0.39, 0.29) is 17.9 Å². The molecule has 0 saturated carbocycles. The Bertz CT molecular complexity index is 277. The van der Waals surface area contributed by atoms with Crippen molar-refractivity contribution in [3.63, 3.8) is 0 Å². The first kappa shape index (κ1) is 14.8. The molecule has 0 spiro atoms.